The Balaban J connectivity index is 1.83. The van der Waals surface area contributed by atoms with Crippen LogP contribution in [0.3, 0.4) is 0 Å². The van der Waals surface area contributed by atoms with Crippen molar-refractivity contribution in [1.29, 1.82) is 0 Å². The second-order valence-corrected chi connectivity index (χ2v) is 8.01. The Bertz CT molecular complexity index is 577. The summed E-state index contributed by atoms with van der Waals surface area (Å²) in [6.07, 6.45) is 5.55. The van der Waals surface area contributed by atoms with Gasteiger partial charge in [-0.2, -0.15) is 0 Å². The summed E-state index contributed by atoms with van der Waals surface area (Å²) in [5, 5.41) is 0. The summed E-state index contributed by atoms with van der Waals surface area (Å²) in [5.74, 6) is 0.472. The van der Waals surface area contributed by atoms with Crippen LogP contribution >= 0.6 is 0 Å². The van der Waals surface area contributed by atoms with Gasteiger partial charge in [-0.15, -0.1) is 0 Å². The number of sulfone groups is 1. The van der Waals surface area contributed by atoms with E-state index in [2.05, 4.69) is 0 Å². The van der Waals surface area contributed by atoms with E-state index in [0.29, 0.717) is 10.8 Å². The summed E-state index contributed by atoms with van der Waals surface area (Å²) in [5.41, 5.74) is 0.196. The van der Waals surface area contributed by atoms with Gasteiger partial charge in [0.2, 0.25) is 0 Å². The van der Waals surface area contributed by atoms with E-state index in [-0.39, 0.29) is 10.2 Å². The summed E-state index contributed by atoms with van der Waals surface area (Å²) in [4.78, 5) is 0.536. The first-order valence-electron chi connectivity index (χ1n) is 6.45. The van der Waals surface area contributed by atoms with Crippen LogP contribution in [0.25, 0.3) is 0 Å². The average molecular weight is 248 g/mol. The van der Waals surface area contributed by atoms with Gasteiger partial charge in [0.1, 0.15) is 0 Å². The Morgan fingerprint density at radius 1 is 1.06 bits per heavy atom. The first kappa shape index (κ1) is 10.1. The maximum absolute atomic E-state index is 12.8. The van der Waals surface area contributed by atoms with Crippen molar-refractivity contribution >= 4 is 9.84 Å². The topological polar surface area (TPSA) is 34.1 Å². The van der Waals surface area contributed by atoms with Crippen LogP contribution in [0.4, 0.5) is 0 Å². The molecule has 0 bridgehead atoms. The van der Waals surface area contributed by atoms with Crippen molar-refractivity contribution in [2.45, 2.75) is 41.7 Å². The SMILES string of the molecule is O=S(=O)(c1ccccc1)[C@@]12CC[C@@]13CCC[C@H]32. The highest BCUT2D eigenvalue weighted by atomic mass is 32.2. The first-order chi connectivity index (χ1) is 8.15. The van der Waals surface area contributed by atoms with Crippen LogP contribution < -0.4 is 0 Å². The van der Waals surface area contributed by atoms with Gasteiger partial charge in [-0.25, -0.2) is 8.42 Å². The van der Waals surface area contributed by atoms with E-state index in [1.165, 1.54) is 6.42 Å². The molecular formula is C14H16O2S. The van der Waals surface area contributed by atoms with Crippen molar-refractivity contribution in [2.75, 3.05) is 0 Å². The monoisotopic (exact) mass is 248 g/mol. The fraction of sp³-hybridized carbons (Fsp3) is 0.571. The van der Waals surface area contributed by atoms with Crippen LogP contribution in [0.15, 0.2) is 35.2 Å². The van der Waals surface area contributed by atoms with Crippen LogP contribution in [0.1, 0.15) is 32.1 Å². The molecule has 0 saturated heterocycles. The zero-order chi connectivity index (χ0) is 11.7. The van der Waals surface area contributed by atoms with Gasteiger partial charge < -0.3 is 0 Å². The van der Waals surface area contributed by atoms with Gasteiger partial charge in [-0.3, -0.25) is 0 Å². The number of benzene rings is 1. The van der Waals surface area contributed by atoms with Crippen LogP contribution in [0, 0.1) is 11.3 Å². The van der Waals surface area contributed by atoms with E-state index in [0.717, 1.165) is 25.7 Å². The van der Waals surface area contributed by atoms with Crippen LogP contribution in [-0.4, -0.2) is 13.2 Å². The average Bonchev–Trinajstić information content (AvgIpc) is 2.69. The summed E-state index contributed by atoms with van der Waals surface area (Å²) >= 11 is 0. The quantitative estimate of drug-likeness (QED) is 0.806. The van der Waals surface area contributed by atoms with Crippen LogP contribution in [0.5, 0.6) is 0 Å². The minimum absolute atomic E-state index is 0.196. The molecule has 3 atom stereocenters. The summed E-state index contributed by atoms with van der Waals surface area (Å²) < 4.78 is 25.2. The largest absolute Gasteiger partial charge is 0.223 e. The van der Waals surface area contributed by atoms with Crippen molar-refractivity contribution in [3.05, 3.63) is 30.3 Å². The molecule has 0 unspecified atom stereocenters. The molecule has 0 radical (unpaired) electrons. The van der Waals surface area contributed by atoms with E-state index in [1.54, 1.807) is 12.1 Å². The Hall–Kier alpha value is -0.830. The number of fused-ring (bicyclic) bond motifs is 1. The predicted molar refractivity (Wildman–Crippen MR) is 65.4 cm³/mol. The number of hydrogen-bond donors (Lipinski definition) is 0. The standard InChI is InChI=1S/C14H16O2S/c15-17(16,11-5-2-1-3-6-11)14-10-9-13(14)8-4-7-12(13)14/h1-3,5-6,12H,4,7-10H2/t12-,13-,14-/m1/s1. The fourth-order valence-electron chi connectivity index (χ4n) is 4.81. The van der Waals surface area contributed by atoms with E-state index in [4.69, 9.17) is 0 Å². The van der Waals surface area contributed by atoms with Gasteiger partial charge in [0.25, 0.3) is 0 Å². The molecule has 90 valence electrons. The highest BCUT2D eigenvalue weighted by molar-refractivity contribution is 7.93. The zero-order valence-corrected chi connectivity index (χ0v) is 10.5. The van der Waals surface area contributed by atoms with Gasteiger partial charge in [0.05, 0.1) is 9.64 Å². The van der Waals surface area contributed by atoms with Crippen molar-refractivity contribution < 1.29 is 8.42 Å². The van der Waals surface area contributed by atoms with E-state index in [1.807, 2.05) is 18.2 Å². The molecule has 17 heavy (non-hydrogen) atoms. The lowest BCUT2D eigenvalue weighted by molar-refractivity contribution is 0.292. The van der Waals surface area contributed by atoms with Crippen LogP contribution in [0.2, 0.25) is 0 Å². The van der Waals surface area contributed by atoms with Gasteiger partial charge >= 0.3 is 0 Å². The summed E-state index contributed by atoms with van der Waals surface area (Å²) in [6.45, 7) is 0. The van der Waals surface area contributed by atoms with Gasteiger partial charge in [-0.1, -0.05) is 24.6 Å². The second-order valence-electron chi connectivity index (χ2n) is 5.81. The van der Waals surface area contributed by atoms with Crippen molar-refractivity contribution in [2.24, 2.45) is 11.3 Å². The van der Waals surface area contributed by atoms with Crippen molar-refractivity contribution in [3.63, 3.8) is 0 Å². The third-order valence-corrected chi connectivity index (χ3v) is 8.33. The Morgan fingerprint density at radius 2 is 1.82 bits per heavy atom. The molecule has 0 heterocycles. The van der Waals surface area contributed by atoms with Crippen molar-refractivity contribution in [3.8, 4) is 0 Å². The minimum atomic E-state index is -3.10. The molecule has 0 aromatic heterocycles. The molecule has 0 aliphatic heterocycles. The van der Waals surface area contributed by atoms with E-state index >= 15 is 0 Å². The molecule has 1 aromatic rings. The molecule has 3 saturated carbocycles. The molecule has 0 amide bonds. The molecule has 3 aliphatic carbocycles. The molecule has 4 rings (SSSR count). The molecule has 3 aliphatic rings. The predicted octanol–water partition coefficient (Wildman–Crippen LogP) is 2.79. The summed E-state index contributed by atoms with van der Waals surface area (Å²) in [7, 11) is -3.10. The van der Waals surface area contributed by atoms with Crippen LogP contribution in [-0.2, 0) is 9.84 Å². The lowest BCUT2D eigenvalue weighted by Gasteiger charge is -2.35. The van der Waals surface area contributed by atoms with Gasteiger partial charge in [-0.05, 0) is 49.1 Å². The molecule has 1 aromatic carbocycles. The Kier molecular flexibility index (Phi) is 1.65. The van der Waals surface area contributed by atoms with E-state index in [9.17, 15) is 8.42 Å². The normalized spacial score (nSPS) is 42.5. The maximum atomic E-state index is 12.8. The smallest absolute Gasteiger partial charge is 0.184 e. The number of rotatable bonds is 2. The molecule has 0 N–H and O–H groups in total. The first-order valence-corrected chi connectivity index (χ1v) is 7.93. The Morgan fingerprint density at radius 3 is 2.41 bits per heavy atom. The molecule has 3 fully saturated rings. The molecule has 2 nitrogen and oxygen atoms in total. The highest BCUT2D eigenvalue weighted by Gasteiger charge is 2.88. The maximum Gasteiger partial charge on any atom is 0.184 e. The lowest BCUT2D eigenvalue weighted by atomic mass is 9.81. The zero-order valence-electron chi connectivity index (χ0n) is 9.72. The molecule has 3 heteroatoms. The highest BCUT2D eigenvalue weighted by Crippen LogP contribution is 2.85. The second kappa shape index (κ2) is 2.77. The molecule has 1 spiro atoms. The third-order valence-electron chi connectivity index (χ3n) is 5.58. The van der Waals surface area contributed by atoms with Crippen molar-refractivity contribution in [1.82, 2.24) is 0 Å². The lowest BCUT2D eigenvalue weighted by Crippen LogP contribution is -2.40. The molecular weight excluding hydrogens is 232 g/mol. The number of hydrogen-bond acceptors (Lipinski definition) is 2. The third kappa shape index (κ3) is 0.864. The summed E-state index contributed by atoms with van der Waals surface area (Å²) in [6, 6.07) is 9.04. The van der Waals surface area contributed by atoms with Gasteiger partial charge in [0.15, 0.2) is 9.84 Å². The fourth-order valence-corrected chi connectivity index (χ4v) is 7.66. The minimum Gasteiger partial charge on any atom is -0.223 e. The van der Waals surface area contributed by atoms with E-state index < -0.39 is 9.84 Å². The van der Waals surface area contributed by atoms with Gasteiger partial charge in [0, 0.05) is 0 Å². The Labute approximate surface area is 102 Å².